The van der Waals surface area contributed by atoms with E-state index in [0.29, 0.717) is 0 Å². The summed E-state index contributed by atoms with van der Waals surface area (Å²) in [5.41, 5.74) is 3.31. The molecule has 0 spiro atoms. The molecule has 0 amide bonds. The second-order valence-corrected chi connectivity index (χ2v) is 5.51. The summed E-state index contributed by atoms with van der Waals surface area (Å²) in [7, 11) is 3.33. The van der Waals surface area contributed by atoms with Crippen LogP contribution >= 0.6 is 0 Å². The third-order valence-electron chi connectivity index (χ3n) is 3.98. The summed E-state index contributed by atoms with van der Waals surface area (Å²) in [5.74, 6) is 1.62. The summed E-state index contributed by atoms with van der Waals surface area (Å²) in [6.07, 6.45) is 0.939. The first kappa shape index (κ1) is 17.3. The average Bonchev–Trinajstić information content (AvgIpc) is 2.61. The Kier molecular flexibility index (Phi) is 6.44. The molecular weight excluding hydrogens is 290 g/mol. The molecule has 1 unspecified atom stereocenters. The summed E-state index contributed by atoms with van der Waals surface area (Å²) < 4.78 is 10.7. The van der Waals surface area contributed by atoms with E-state index in [0.717, 1.165) is 35.6 Å². The second kappa shape index (κ2) is 8.56. The third-order valence-corrected chi connectivity index (χ3v) is 3.98. The van der Waals surface area contributed by atoms with Gasteiger partial charge in [-0.25, -0.2) is 0 Å². The minimum absolute atomic E-state index is 0.0901. The first-order chi connectivity index (χ1) is 11.2. The van der Waals surface area contributed by atoms with E-state index in [-0.39, 0.29) is 12.6 Å². The van der Waals surface area contributed by atoms with Crippen molar-refractivity contribution in [3.8, 4) is 11.5 Å². The maximum absolute atomic E-state index is 9.06. The Hall–Kier alpha value is -2.04. The van der Waals surface area contributed by atoms with Crippen LogP contribution in [-0.2, 0) is 13.0 Å². The Labute approximate surface area is 138 Å². The van der Waals surface area contributed by atoms with Crippen LogP contribution in [0.25, 0.3) is 0 Å². The predicted molar refractivity (Wildman–Crippen MR) is 92.0 cm³/mol. The van der Waals surface area contributed by atoms with E-state index >= 15 is 0 Å². The Balaban J connectivity index is 1.92. The average molecular weight is 315 g/mol. The summed E-state index contributed by atoms with van der Waals surface area (Å²) >= 11 is 0. The lowest BCUT2D eigenvalue weighted by atomic mass is 10.1. The summed E-state index contributed by atoms with van der Waals surface area (Å²) in [5, 5.41) is 12.6. The van der Waals surface area contributed by atoms with Crippen LogP contribution in [0.15, 0.2) is 42.5 Å². The molecule has 4 nitrogen and oxygen atoms in total. The van der Waals surface area contributed by atoms with E-state index in [1.54, 1.807) is 14.2 Å². The molecule has 0 aromatic heterocycles. The van der Waals surface area contributed by atoms with Crippen LogP contribution in [-0.4, -0.2) is 25.9 Å². The number of rotatable bonds is 8. The Morgan fingerprint density at radius 3 is 2.30 bits per heavy atom. The van der Waals surface area contributed by atoms with Gasteiger partial charge in [0.2, 0.25) is 0 Å². The molecule has 1 atom stereocenters. The van der Waals surface area contributed by atoms with Gasteiger partial charge in [0.1, 0.15) is 11.5 Å². The van der Waals surface area contributed by atoms with E-state index in [2.05, 4.69) is 24.4 Å². The van der Waals surface area contributed by atoms with E-state index in [9.17, 15) is 0 Å². The number of aliphatic hydroxyl groups excluding tert-OH is 1. The highest BCUT2D eigenvalue weighted by atomic mass is 16.5. The number of hydrogen-bond donors (Lipinski definition) is 2. The molecule has 0 aliphatic rings. The number of methoxy groups -OCH3 is 2. The van der Waals surface area contributed by atoms with Crippen LogP contribution in [0.4, 0.5) is 0 Å². The third kappa shape index (κ3) is 4.71. The van der Waals surface area contributed by atoms with Crippen molar-refractivity contribution in [2.75, 3.05) is 20.8 Å². The topological polar surface area (TPSA) is 50.7 Å². The highest BCUT2D eigenvalue weighted by Crippen LogP contribution is 2.29. The van der Waals surface area contributed by atoms with Crippen molar-refractivity contribution in [2.24, 2.45) is 0 Å². The van der Waals surface area contributed by atoms with Crippen LogP contribution in [0.2, 0.25) is 0 Å². The molecule has 0 radical (unpaired) electrons. The fraction of sp³-hybridized carbons (Fsp3) is 0.368. The maximum atomic E-state index is 9.06. The van der Waals surface area contributed by atoms with Gasteiger partial charge >= 0.3 is 0 Å². The van der Waals surface area contributed by atoms with Crippen LogP contribution < -0.4 is 14.8 Å². The van der Waals surface area contributed by atoms with Gasteiger partial charge in [0.25, 0.3) is 0 Å². The predicted octanol–water partition coefficient (Wildman–Crippen LogP) is 3.09. The molecule has 0 fully saturated rings. The van der Waals surface area contributed by atoms with E-state index < -0.39 is 0 Å². The second-order valence-electron chi connectivity index (χ2n) is 5.51. The van der Waals surface area contributed by atoms with Gasteiger partial charge in [-0.05, 0) is 37.1 Å². The van der Waals surface area contributed by atoms with Gasteiger partial charge in [0.05, 0.1) is 20.8 Å². The minimum atomic E-state index is 0.0901. The Bertz CT molecular complexity index is 611. The van der Waals surface area contributed by atoms with Crippen molar-refractivity contribution in [1.82, 2.24) is 5.32 Å². The summed E-state index contributed by atoms with van der Waals surface area (Å²) in [4.78, 5) is 0. The normalized spacial score (nSPS) is 12.0. The number of nitrogens with one attached hydrogen (secondary N) is 1. The van der Waals surface area contributed by atoms with E-state index in [4.69, 9.17) is 14.6 Å². The van der Waals surface area contributed by atoms with E-state index in [1.807, 2.05) is 30.3 Å². The highest BCUT2D eigenvalue weighted by Gasteiger charge is 2.11. The molecule has 2 rings (SSSR count). The molecule has 4 heteroatoms. The molecule has 0 saturated heterocycles. The summed E-state index contributed by atoms with van der Waals surface area (Å²) in [6, 6.07) is 14.1. The largest absolute Gasteiger partial charge is 0.497 e. The SMILES string of the molecule is COc1ccc(C(C)NCCc2ccc(CO)cc2)c(OC)c1. The maximum Gasteiger partial charge on any atom is 0.127 e. The fourth-order valence-corrected chi connectivity index (χ4v) is 2.53. The van der Waals surface area contributed by atoms with Crippen molar-refractivity contribution < 1.29 is 14.6 Å². The first-order valence-corrected chi connectivity index (χ1v) is 7.82. The molecule has 0 aliphatic heterocycles. The molecule has 124 valence electrons. The van der Waals surface area contributed by atoms with Gasteiger partial charge in [0, 0.05) is 17.7 Å². The zero-order valence-corrected chi connectivity index (χ0v) is 14.0. The van der Waals surface area contributed by atoms with Crippen molar-refractivity contribution in [2.45, 2.75) is 26.0 Å². The number of ether oxygens (including phenoxy) is 2. The number of hydrogen-bond acceptors (Lipinski definition) is 4. The molecule has 0 aliphatic carbocycles. The van der Waals surface area contributed by atoms with Crippen molar-refractivity contribution in [3.05, 3.63) is 59.2 Å². The molecule has 0 bridgehead atoms. The zero-order chi connectivity index (χ0) is 16.7. The van der Waals surface area contributed by atoms with Crippen LogP contribution in [0.5, 0.6) is 11.5 Å². The molecule has 2 aromatic rings. The van der Waals surface area contributed by atoms with Gasteiger partial charge in [0.15, 0.2) is 0 Å². The minimum Gasteiger partial charge on any atom is -0.497 e. The lowest BCUT2D eigenvalue weighted by molar-refractivity contribution is 0.282. The van der Waals surface area contributed by atoms with Crippen LogP contribution in [0.3, 0.4) is 0 Å². The van der Waals surface area contributed by atoms with Crippen molar-refractivity contribution >= 4 is 0 Å². The molecule has 2 aromatic carbocycles. The van der Waals surface area contributed by atoms with Crippen molar-refractivity contribution in [3.63, 3.8) is 0 Å². The molecular formula is C19H25NO3. The first-order valence-electron chi connectivity index (χ1n) is 7.82. The highest BCUT2D eigenvalue weighted by molar-refractivity contribution is 5.42. The molecule has 23 heavy (non-hydrogen) atoms. The quantitative estimate of drug-likeness (QED) is 0.786. The lowest BCUT2D eigenvalue weighted by Gasteiger charge is -2.18. The monoisotopic (exact) mass is 315 g/mol. The smallest absolute Gasteiger partial charge is 0.127 e. The van der Waals surface area contributed by atoms with Crippen LogP contribution in [0, 0.1) is 0 Å². The Morgan fingerprint density at radius 1 is 1.00 bits per heavy atom. The van der Waals surface area contributed by atoms with Gasteiger partial charge in [-0.1, -0.05) is 30.3 Å². The van der Waals surface area contributed by atoms with Crippen molar-refractivity contribution in [1.29, 1.82) is 0 Å². The summed E-state index contributed by atoms with van der Waals surface area (Å²) in [6.45, 7) is 3.08. The van der Waals surface area contributed by atoms with Gasteiger partial charge in [-0.15, -0.1) is 0 Å². The van der Waals surface area contributed by atoms with Crippen LogP contribution in [0.1, 0.15) is 29.7 Å². The number of benzene rings is 2. The van der Waals surface area contributed by atoms with Gasteiger partial charge < -0.3 is 19.9 Å². The molecule has 0 heterocycles. The molecule has 2 N–H and O–H groups in total. The lowest BCUT2D eigenvalue weighted by Crippen LogP contribution is -2.21. The number of aliphatic hydroxyl groups is 1. The van der Waals surface area contributed by atoms with Gasteiger partial charge in [-0.2, -0.15) is 0 Å². The molecule has 0 saturated carbocycles. The zero-order valence-electron chi connectivity index (χ0n) is 14.0. The fourth-order valence-electron chi connectivity index (χ4n) is 2.53. The Morgan fingerprint density at radius 2 is 1.70 bits per heavy atom. The standard InChI is InChI=1S/C19H25NO3/c1-14(18-9-8-17(22-2)12-19(18)23-3)20-11-10-15-4-6-16(13-21)7-5-15/h4-9,12,14,20-21H,10-11,13H2,1-3H3. The van der Waals surface area contributed by atoms with E-state index in [1.165, 1.54) is 5.56 Å². The van der Waals surface area contributed by atoms with Gasteiger partial charge in [-0.3, -0.25) is 0 Å².